The van der Waals surface area contributed by atoms with Gasteiger partial charge in [0.05, 0.1) is 17.3 Å². The lowest BCUT2D eigenvalue weighted by atomic mass is 9.75. The fourth-order valence-corrected chi connectivity index (χ4v) is 6.25. The molecule has 0 N–H and O–H groups in total. The van der Waals surface area contributed by atoms with Crippen LogP contribution in [-0.4, -0.2) is 70.6 Å². The first-order chi connectivity index (χ1) is 18.0. The van der Waals surface area contributed by atoms with Gasteiger partial charge >= 0.3 is 0 Å². The predicted octanol–water partition coefficient (Wildman–Crippen LogP) is 4.40. The fraction of sp³-hybridized carbons (Fsp3) is 0.500. The molecule has 2 saturated heterocycles. The van der Waals surface area contributed by atoms with Crippen LogP contribution >= 0.6 is 0 Å². The van der Waals surface area contributed by atoms with Crippen LogP contribution in [0, 0.1) is 23.2 Å². The van der Waals surface area contributed by atoms with E-state index in [1.165, 1.54) is 29.7 Å². The Hall–Kier alpha value is -3.37. The van der Waals surface area contributed by atoms with Crippen LogP contribution in [0.2, 0.25) is 0 Å². The fourth-order valence-electron chi connectivity index (χ4n) is 6.25. The zero-order chi connectivity index (χ0) is 25.5. The van der Waals surface area contributed by atoms with Crippen LogP contribution in [0.25, 0.3) is 16.6 Å². The molecule has 0 bridgehead atoms. The van der Waals surface area contributed by atoms with E-state index in [0.29, 0.717) is 12.0 Å². The Balaban J connectivity index is 1.14. The molecule has 6 rings (SSSR count). The smallest absolute Gasteiger partial charge is 0.225 e. The van der Waals surface area contributed by atoms with Crippen LogP contribution in [-0.2, 0) is 4.79 Å². The van der Waals surface area contributed by atoms with Crippen molar-refractivity contribution in [3.8, 4) is 17.2 Å². The van der Waals surface area contributed by atoms with Crippen molar-refractivity contribution in [1.29, 1.82) is 5.26 Å². The van der Waals surface area contributed by atoms with E-state index in [1.54, 1.807) is 0 Å². The number of anilines is 1. The van der Waals surface area contributed by atoms with Gasteiger partial charge in [0.2, 0.25) is 5.91 Å². The third-order valence-corrected chi connectivity index (χ3v) is 8.75. The Morgan fingerprint density at radius 3 is 2.46 bits per heavy atom. The molecule has 3 fully saturated rings. The average Bonchev–Trinajstić information content (AvgIpc) is 3.56. The van der Waals surface area contributed by atoms with E-state index in [-0.39, 0.29) is 17.7 Å². The van der Waals surface area contributed by atoms with Crippen LogP contribution in [0.4, 0.5) is 5.69 Å². The van der Waals surface area contributed by atoms with E-state index >= 15 is 0 Å². The minimum atomic E-state index is 0.0474. The first kappa shape index (κ1) is 24.0. The first-order valence-corrected chi connectivity index (χ1v) is 13.8. The van der Waals surface area contributed by atoms with E-state index < -0.39 is 0 Å². The number of aromatic nitrogens is 2. The van der Waals surface area contributed by atoms with Gasteiger partial charge in [-0.25, -0.2) is 4.52 Å². The Bertz CT molecular complexity index is 1310. The number of hydrogen-bond donors (Lipinski definition) is 0. The SMILES string of the molecule is CC(C)N1CCC(c2ccc(-c3cc4c(N5CCN(C(=O)C6CC(C#N)C6)CC5)ccnn4c3)cc2)C1. The highest BCUT2D eigenvalue weighted by Gasteiger charge is 2.37. The molecule has 1 aliphatic carbocycles. The maximum Gasteiger partial charge on any atom is 0.225 e. The van der Waals surface area contributed by atoms with E-state index in [9.17, 15) is 4.79 Å². The number of likely N-dealkylation sites (tertiary alicyclic amines) is 1. The molecule has 2 aliphatic heterocycles. The third-order valence-electron chi connectivity index (χ3n) is 8.75. The van der Waals surface area contributed by atoms with Crippen LogP contribution in [0.15, 0.2) is 48.8 Å². The summed E-state index contributed by atoms with van der Waals surface area (Å²) in [7, 11) is 0. The summed E-state index contributed by atoms with van der Waals surface area (Å²) < 4.78 is 1.98. The normalized spacial score (nSPS) is 24.4. The molecular weight excluding hydrogens is 460 g/mol. The number of carbonyl (C=O) groups excluding carboxylic acids is 1. The van der Waals surface area contributed by atoms with E-state index in [0.717, 1.165) is 56.8 Å². The zero-order valence-electron chi connectivity index (χ0n) is 21.9. The lowest BCUT2D eigenvalue weighted by molar-refractivity contribution is -0.139. The number of fused-ring (bicyclic) bond motifs is 1. The molecule has 3 aromatic rings. The second kappa shape index (κ2) is 9.83. The number of rotatable bonds is 5. The number of nitriles is 1. The number of carbonyl (C=O) groups is 1. The highest BCUT2D eigenvalue weighted by atomic mass is 16.2. The summed E-state index contributed by atoms with van der Waals surface area (Å²) in [4.78, 5) is 19.7. The predicted molar refractivity (Wildman–Crippen MR) is 145 cm³/mol. The van der Waals surface area contributed by atoms with Crippen molar-refractivity contribution in [2.45, 2.75) is 45.1 Å². The third kappa shape index (κ3) is 4.59. The molecule has 1 saturated carbocycles. The van der Waals surface area contributed by atoms with Crippen molar-refractivity contribution < 1.29 is 4.79 Å². The molecular formula is C30H36N6O. The van der Waals surface area contributed by atoms with Gasteiger partial charge < -0.3 is 14.7 Å². The summed E-state index contributed by atoms with van der Waals surface area (Å²) >= 11 is 0. The lowest BCUT2D eigenvalue weighted by Gasteiger charge is -2.40. The van der Waals surface area contributed by atoms with E-state index in [4.69, 9.17) is 5.26 Å². The zero-order valence-corrected chi connectivity index (χ0v) is 21.9. The number of amides is 1. The number of hydrogen-bond acceptors (Lipinski definition) is 5. The minimum Gasteiger partial charge on any atom is -0.366 e. The number of piperazine rings is 1. The highest BCUT2D eigenvalue weighted by Crippen LogP contribution is 2.35. The van der Waals surface area contributed by atoms with Gasteiger partial charge in [-0.2, -0.15) is 10.4 Å². The quantitative estimate of drug-likeness (QED) is 0.524. The summed E-state index contributed by atoms with van der Waals surface area (Å²) in [6.45, 7) is 9.98. The summed E-state index contributed by atoms with van der Waals surface area (Å²) in [6.07, 6.45) is 6.67. The molecule has 7 nitrogen and oxygen atoms in total. The Labute approximate surface area is 219 Å². The van der Waals surface area contributed by atoms with Crippen molar-refractivity contribution in [3.05, 3.63) is 54.4 Å². The van der Waals surface area contributed by atoms with Gasteiger partial charge in [0.15, 0.2) is 0 Å². The standard InChI is InChI=1S/C30H36N6O/c1-21(2)35-10-8-25(19-35)23-3-5-24(6-4-23)27-17-29-28(7-9-32-36(29)20-27)33-11-13-34(14-12-33)30(37)26-15-22(16-26)18-31/h3-7,9,17,20-22,25-26H,8,10-16,19H2,1-2H3. The number of benzene rings is 1. The average molecular weight is 497 g/mol. The lowest BCUT2D eigenvalue weighted by Crippen LogP contribution is -2.52. The van der Waals surface area contributed by atoms with Crippen LogP contribution in [0.1, 0.15) is 44.6 Å². The number of nitrogens with zero attached hydrogens (tertiary/aromatic N) is 6. The Morgan fingerprint density at radius 1 is 1.03 bits per heavy atom. The van der Waals surface area contributed by atoms with Crippen molar-refractivity contribution in [2.24, 2.45) is 11.8 Å². The molecule has 0 radical (unpaired) electrons. The maximum atomic E-state index is 12.8. The van der Waals surface area contributed by atoms with E-state index in [1.807, 2.05) is 15.6 Å². The topological polar surface area (TPSA) is 67.9 Å². The summed E-state index contributed by atoms with van der Waals surface area (Å²) in [5.74, 6) is 0.971. The highest BCUT2D eigenvalue weighted by molar-refractivity contribution is 5.82. The molecule has 7 heteroatoms. The van der Waals surface area contributed by atoms with Gasteiger partial charge in [-0.1, -0.05) is 24.3 Å². The van der Waals surface area contributed by atoms with Crippen molar-refractivity contribution >= 4 is 17.1 Å². The Morgan fingerprint density at radius 2 is 1.78 bits per heavy atom. The first-order valence-electron chi connectivity index (χ1n) is 13.8. The minimum absolute atomic E-state index is 0.0474. The molecule has 0 spiro atoms. The molecule has 1 aromatic carbocycles. The molecule has 37 heavy (non-hydrogen) atoms. The van der Waals surface area contributed by atoms with Crippen molar-refractivity contribution in [3.63, 3.8) is 0 Å². The second-order valence-corrected chi connectivity index (χ2v) is 11.3. The van der Waals surface area contributed by atoms with Gasteiger partial charge in [-0.15, -0.1) is 0 Å². The van der Waals surface area contributed by atoms with Crippen LogP contribution in [0.3, 0.4) is 0 Å². The molecule has 3 aliphatic rings. The summed E-state index contributed by atoms with van der Waals surface area (Å²) in [5, 5.41) is 13.6. The summed E-state index contributed by atoms with van der Waals surface area (Å²) in [6, 6.07) is 16.3. The monoisotopic (exact) mass is 496 g/mol. The van der Waals surface area contributed by atoms with Gasteiger partial charge in [0.25, 0.3) is 0 Å². The molecule has 1 unspecified atom stereocenters. The molecule has 1 atom stereocenters. The molecule has 2 aromatic heterocycles. The van der Waals surface area contributed by atoms with Gasteiger partial charge in [-0.05, 0) is 68.8 Å². The van der Waals surface area contributed by atoms with Gasteiger partial charge in [-0.3, -0.25) is 4.79 Å². The molecule has 192 valence electrons. The molecule has 1 amide bonds. The van der Waals surface area contributed by atoms with Crippen LogP contribution in [0.5, 0.6) is 0 Å². The van der Waals surface area contributed by atoms with Gasteiger partial charge in [0.1, 0.15) is 0 Å². The Kier molecular flexibility index (Phi) is 6.37. The van der Waals surface area contributed by atoms with E-state index in [2.05, 4.69) is 77.4 Å². The molecule has 4 heterocycles. The van der Waals surface area contributed by atoms with Crippen molar-refractivity contribution in [1.82, 2.24) is 19.4 Å². The van der Waals surface area contributed by atoms with Crippen molar-refractivity contribution in [2.75, 3.05) is 44.2 Å². The second-order valence-electron chi connectivity index (χ2n) is 11.3. The summed E-state index contributed by atoms with van der Waals surface area (Å²) in [5.41, 5.74) is 6.09. The van der Waals surface area contributed by atoms with Crippen LogP contribution < -0.4 is 4.90 Å². The maximum absolute atomic E-state index is 12.8. The largest absolute Gasteiger partial charge is 0.366 e. The van der Waals surface area contributed by atoms with Gasteiger partial charge in [0, 0.05) is 68.6 Å².